The molecular weight excluding hydrogens is 206 g/mol. The summed E-state index contributed by atoms with van der Waals surface area (Å²) in [7, 11) is 0. The van der Waals surface area contributed by atoms with E-state index >= 15 is 0 Å². The second kappa shape index (κ2) is 5.57. The SMILES string of the molecule is CCC(=O)/C=C/CN1C[C@@H]2OCCO[C@@H]2C1. The van der Waals surface area contributed by atoms with Gasteiger partial charge in [0.25, 0.3) is 0 Å². The topological polar surface area (TPSA) is 38.8 Å². The van der Waals surface area contributed by atoms with Crippen molar-refractivity contribution in [2.45, 2.75) is 25.6 Å². The van der Waals surface area contributed by atoms with Gasteiger partial charge in [0.05, 0.1) is 25.4 Å². The van der Waals surface area contributed by atoms with Crippen molar-refractivity contribution in [2.75, 3.05) is 32.8 Å². The molecule has 90 valence electrons. The summed E-state index contributed by atoms with van der Waals surface area (Å²) in [5.41, 5.74) is 0. The van der Waals surface area contributed by atoms with Gasteiger partial charge in [0, 0.05) is 26.1 Å². The lowest BCUT2D eigenvalue weighted by Crippen LogP contribution is -2.36. The minimum atomic E-state index is 0.184. The first-order valence-electron chi connectivity index (χ1n) is 5.94. The summed E-state index contributed by atoms with van der Waals surface area (Å²) in [6.45, 7) is 5.92. The molecule has 2 heterocycles. The van der Waals surface area contributed by atoms with Crippen LogP contribution in [-0.4, -0.2) is 55.7 Å². The van der Waals surface area contributed by atoms with E-state index in [0.717, 1.165) is 19.6 Å². The van der Waals surface area contributed by atoms with Crippen LogP contribution in [0.1, 0.15) is 13.3 Å². The number of rotatable bonds is 4. The van der Waals surface area contributed by atoms with Crippen LogP contribution in [0.3, 0.4) is 0 Å². The van der Waals surface area contributed by atoms with Gasteiger partial charge in [-0.1, -0.05) is 13.0 Å². The van der Waals surface area contributed by atoms with E-state index in [0.29, 0.717) is 19.6 Å². The number of carbonyl (C=O) groups excluding carboxylic acids is 1. The molecule has 4 nitrogen and oxygen atoms in total. The zero-order valence-electron chi connectivity index (χ0n) is 9.72. The highest BCUT2D eigenvalue weighted by atomic mass is 16.6. The van der Waals surface area contributed by atoms with Crippen LogP contribution in [-0.2, 0) is 14.3 Å². The fraction of sp³-hybridized carbons (Fsp3) is 0.750. The summed E-state index contributed by atoms with van der Waals surface area (Å²) in [5, 5.41) is 0. The van der Waals surface area contributed by atoms with Gasteiger partial charge in [-0.2, -0.15) is 0 Å². The zero-order valence-corrected chi connectivity index (χ0v) is 9.72. The second-order valence-corrected chi connectivity index (χ2v) is 4.26. The lowest BCUT2D eigenvalue weighted by molar-refractivity contribution is -0.116. The molecule has 2 fully saturated rings. The molecule has 2 aliphatic heterocycles. The maximum atomic E-state index is 11.1. The molecule has 0 aromatic carbocycles. The molecule has 0 amide bonds. The van der Waals surface area contributed by atoms with E-state index in [1.807, 2.05) is 13.0 Å². The highest BCUT2D eigenvalue weighted by Gasteiger charge is 2.35. The predicted octanol–water partition coefficient (Wildman–Crippen LogP) is 0.621. The number of hydrogen-bond donors (Lipinski definition) is 0. The Balaban J connectivity index is 1.76. The van der Waals surface area contributed by atoms with Crippen molar-refractivity contribution >= 4 is 5.78 Å². The number of nitrogens with zero attached hydrogens (tertiary/aromatic N) is 1. The molecule has 2 saturated heterocycles. The molecule has 2 aliphatic rings. The molecule has 2 atom stereocenters. The Bertz CT molecular complexity index is 263. The molecule has 0 aromatic heterocycles. The third kappa shape index (κ3) is 2.90. The molecule has 0 aromatic rings. The molecule has 0 saturated carbocycles. The van der Waals surface area contributed by atoms with Crippen LogP contribution in [0.25, 0.3) is 0 Å². The first-order valence-corrected chi connectivity index (χ1v) is 5.94. The molecule has 2 rings (SSSR count). The lowest BCUT2D eigenvalue weighted by atomic mass is 10.2. The van der Waals surface area contributed by atoms with Gasteiger partial charge in [-0.15, -0.1) is 0 Å². The number of likely N-dealkylation sites (tertiary alicyclic amines) is 1. The van der Waals surface area contributed by atoms with Crippen LogP contribution in [0.15, 0.2) is 12.2 Å². The number of carbonyl (C=O) groups is 1. The van der Waals surface area contributed by atoms with Crippen molar-refractivity contribution in [1.82, 2.24) is 4.90 Å². The van der Waals surface area contributed by atoms with Gasteiger partial charge in [-0.05, 0) is 6.08 Å². The Labute approximate surface area is 96.2 Å². The molecule has 0 aliphatic carbocycles. The molecular formula is C12H19NO3. The van der Waals surface area contributed by atoms with E-state index in [9.17, 15) is 4.79 Å². The van der Waals surface area contributed by atoms with Crippen LogP contribution in [0.4, 0.5) is 0 Å². The Hall–Kier alpha value is -0.710. The standard InChI is InChI=1S/C12H19NO3/c1-2-10(14)4-3-5-13-8-11-12(9-13)16-7-6-15-11/h3-4,11-12H,2,5-9H2,1H3/b4-3+/t11-,12+. The Morgan fingerprint density at radius 2 is 1.94 bits per heavy atom. The molecule has 0 N–H and O–H groups in total. The van der Waals surface area contributed by atoms with E-state index in [-0.39, 0.29) is 18.0 Å². The van der Waals surface area contributed by atoms with Crippen LogP contribution in [0.5, 0.6) is 0 Å². The maximum Gasteiger partial charge on any atom is 0.155 e. The first-order chi connectivity index (χ1) is 7.79. The smallest absolute Gasteiger partial charge is 0.155 e. The number of allylic oxidation sites excluding steroid dienone is 1. The molecule has 4 heteroatoms. The van der Waals surface area contributed by atoms with Gasteiger partial charge in [0.15, 0.2) is 5.78 Å². The number of ketones is 1. The molecule has 0 radical (unpaired) electrons. The summed E-state index contributed by atoms with van der Waals surface area (Å²) >= 11 is 0. The van der Waals surface area contributed by atoms with Crippen LogP contribution < -0.4 is 0 Å². The Kier molecular flexibility index (Phi) is 4.09. The van der Waals surface area contributed by atoms with Crippen LogP contribution in [0, 0.1) is 0 Å². The molecule has 0 spiro atoms. The predicted molar refractivity (Wildman–Crippen MR) is 60.4 cm³/mol. The number of hydrogen-bond acceptors (Lipinski definition) is 4. The van der Waals surface area contributed by atoms with Gasteiger partial charge < -0.3 is 9.47 Å². The maximum absolute atomic E-state index is 11.1. The fourth-order valence-corrected chi connectivity index (χ4v) is 2.14. The van der Waals surface area contributed by atoms with E-state index in [4.69, 9.17) is 9.47 Å². The van der Waals surface area contributed by atoms with Crippen molar-refractivity contribution in [1.29, 1.82) is 0 Å². The Morgan fingerprint density at radius 3 is 2.50 bits per heavy atom. The lowest BCUT2D eigenvalue weighted by Gasteiger charge is -2.24. The number of ether oxygens (including phenoxy) is 2. The van der Waals surface area contributed by atoms with Crippen molar-refractivity contribution < 1.29 is 14.3 Å². The normalized spacial score (nSPS) is 30.8. The van der Waals surface area contributed by atoms with E-state index < -0.39 is 0 Å². The summed E-state index contributed by atoms with van der Waals surface area (Å²) in [6, 6.07) is 0. The largest absolute Gasteiger partial charge is 0.372 e. The van der Waals surface area contributed by atoms with Gasteiger partial charge >= 0.3 is 0 Å². The minimum Gasteiger partial charge on any atom is -0.372 e. The average Bonchev–Trinajstić information content (AvgIpc) is 2.71. The van der Waals surface area contributed by atoms with E-state index in [2.05, 4.69) is 4.90 Å². The van der Waals surface area contributed by atoms with Crippen molar-refractivity contribution in [3.8, 4) is 0 Å². The number of fused-ring (bicyclic) bond motifs is 1. The first kappa shape index (κ1) is 11.8. The third-order valence-electron chi connectivity index (χ3n) is 3.05. The summed E-state index contributed by atoms with van der Waals surface area (Å²) < 4.78 is 11.2. The van der Waals surface area contributed by atoms with Gasteiger partial charge in [0.1, 0.15) is 0 Å². The Morgan fingerprint density at radius 1 is 1.31 bits per heavy atom. The van der Waals surface area contributed by atoms with Gasteiger partial charge in [-0.3, -0.25) is 9.69 Å². The van der Waals surface area contributed by atoms with Crippen molar-refractivity contribution in [3.63, 3.8) is 0 Å². The van der Waals surface area contributed by atoms with Gasteiger partial charge in [0.2, 0.25) is 0 Å². The van der Waals surface area contributed by atoms with E-state index in [1.165, 1.54) is 0 Å². The van der Waals surface area contributed by atoms with Crippen molar-refractivity contribution in [3.05, 3.63) is 12.2 Å². The summed E-state index contributed by atoms with van der Waals surface area (Å²) in [5.74, 6) is 0.184. The summed E-state index contributed by atoms with van der Waals surface area (Å²) in [4.78, 5) is 13.3. The molecule has 0 unspecified atom stereocenters. The molecule has 0 bridgehead atoms. The van der Waals surface area contributed by atoms with Crippen molar-refractivity contribution in [2.24, 2.45) is 0 Å². The quantitative estimate of drug-likeness (QED) is 0.658. The third-order valence-corrected chi connectivity index (χ3v) is 3.05. The minimum absolute atomic E-state index is 0.184. The molecule has 16 heavy (non-hydrogen) atoms. The highest BCUT2D eigenvalue weighted by Crippen LogP contribution is 2.19. The monoisotopic (exact) mass is 225 g/mol. The van der Waals surface area contributed by atoms with E-state index in [1.54, 1.807) is 6.08 Å². The second-order valence-electron chi connectivity index (χ2n) is 4.26. The highest BCUT2D eigenvalue weighted by molar-refractivity contribution is 5.89. The zero-order chi connectivity index (χ0) is 11.4. The average molecular weight is 225 g/mol. The fourth-order valence-electron chi connectivity index (χ4n) is 2.14. The summed E-state index contributed by atoms with van der Waals surface area (Å²) in [6.07, 6.45) is 4.63. The van der Waals surface area contributed by atoms with Crippen LogP contribution >= 0.6 is 0 Å². The van der Waals surface area contributed by atoms with Crippen LogP contribution in [0.2, 0.25) is 0 Å². The van der Waals surface area contributed by atoms with Gasteiger partial charge in [-0.25, -0.2) is 0 Å².